The van der Waals surface area contributed by atoms with Gasteiger partial charge >= 0.3 is 0 Å². The van der Waals surface area contributed by atoms with Gasteiger partial charge in [0.25, 0.3) is 0 Å². The number of hydrogen-bond acceptors (Lipinski definition) is 9. The zero-order valence-electron chi connectivity index (χ0n) is 17.4. The van der Waals surface area contributed by atoms with Gasteiger partial charge in [-0.25, -0.2) is 18.1 Å². The molecule has 0 bridgehead atoms. The highest BCUT2D eigenvalue weighted by atomic mass is 32.2. The van der Waals surface area contributed by atoms with Crippen molar-refractivity contribution in [3.8, 4) is 11.5 Å². The molecule has 0 saturated carbocycles. The maximum Gasteiger partial charge on any atom is 0.244 e. The molecule has 0 unspecified atom stereocenters. The van der Waals surface area contributed by atoms with Crippen LogP contribution in [0.15, 0.2) is 53.6 Å². The fourth-order valence-electron chi connectivity index (χ4n) is 2.62. The van der Waals surface area contributed by atoms with Crippen LogP contribution in [0, 0.1) is 6.92 Å². The maximum atomic E-state index is 12.6. The lowest BCUT2D eigenvalue weighted by atomic mass is 10.3. The molecule has 2 aromatic heterocycles. The number of aryl methyl sites for hydroxylation is 1. The molecule has 3 aromatic rings. The Morgan fingerprint density at radius 2 is 1.65 bits per heavy atom. The van der Waals surface area contributed by atoms with E-state index in [4.69, 9.17) is 9.47 Å². The van der Waals surface area contributed by atoms with Crippen LogP contribution in [0.1, 0.15) is 5.56 Å². The van der Waals surface area contributed by atoms with E-state index in [2.05, 4.69) is 30.5 Å². The number of ether oxygens (including phenoxy) is 2. The molecular weight excluding hydrogens is 420 g/mol. The number of aromatic nitrogens is 3. The number of methoxy groups -OCH3 is 2. The molecule has 0 radical (unpaired) electrons. The second-order valence-corrected chi connectivity index (χ2v) is 8.23. The molecule has 0 aliphatic carbocycles. The SMILES string of the molecule is COc1ccc(S(=O)(=O)NCCNc2ccc(Nc3ccc(C)cn3)nn2)c(OC)c1. The molecule has 2 heterocycles. The zero-order chi connectivity index (χ0) is 22.3. The lowest BCUT2D eigenvalue weighted by Gasteiger charge is -2.12. The number of sulfonamides is 1. The van der Waals surface area contributed by atoms with Gasteiger partial charge in [0, 0.05) is 25.4 Å². The maximum absolute atomic E-state index is 12.6. The Kier molecular flexibility index (Phi) is 7.21. The van der Waals surface area contributed by atoms with E-state index in [0.29, 0.717) is 29.7 Å². The van der Waals surface area contributed by atoms with E-state index in [1.54, 1.807) is 24.4 Å². The van der Waals surface area contributed by atoms with Gasteiger partial charge in [-0.2, -0.15) is 0 Å². The monoisotopic (exact) mass is 444 g/mol. The zero-order valence-corrected chi connectivity index (χ0v) is 18.2. The van der Waals surface area contributed by atoms with E-state index in [-0.39, 0.29) is 17.2 Å². The van der Waals surface area contributed by atoms with E-state index in [1.165, 1.54) is 26.4 Å². The van der Waals surface area contributed by atoms with E-state index >= 15 is 0 Å². The summed E-state index contributed by atoms with van der Waals surface area (Å²) >= 11 is 0. The molecule has 11 heteroatoms. The van der Waals surface area contributed by atoms with Crippen molar-refractivity contribution in [2.24, 2.45) is 0 Å². The first-order valence-corrected chi connectivity index (χ1v) is 10.9. The highest BCUT2D eigenvalue weighted by molar-refractivity contribution is 7.89. The van der Waals surface area contributed by atoms with Crippen molar-refractivity contribution >= 4 is 27.5 Å². The first-order valence-electron chi connectivity index (χ1n) is 9.40. The molecule has 164 valence electrons. The van der Waals surface area contributed by atoms with Crippen molar-refractivity contribution in [3.05, 3.63) is 54.2 Å². The lowest BCUT2D eigenvalue weighted by molar-refractivity contribution is 0.386. The summed E-state index contributed by atoms with van der Waals surface area (Å²) in [5, 5.41) is 14.2. The summed E-state index contributed by atoms with van der Waals surface area (Å²) in [5.41, 5.74) is 1.07. The number of benzene rings is 1. The summed E-state index contributed by atoms with van der Waals surface area (Å²) in [6.07, 6.45) is 1.76. The van der Waals surface area contributed by atoms with Gasteiger partial charge in [0.2, 0.25) is 10.0 Å². The molecule has 0 aliphatic heterocycles. The largest absolute Gasteiger partial charge is 0.497 e. The van der Waals surface area contributed by atoms with E-state index < -0.39 is 10.0 Å². The number of anilines is 3. The Morgan fingerprint density at radius 3 is 2.29 bits per heavy atom. The third kappa shape index (κ3) is 6.03. The van der Waals surface area contributed by atoms with Crippen LogP contribution in [0.2, 0.25) is 0 Å². The smallest absolute Gasteiger partial charge is 0.244 e. The normalized spacial score (nSPS) is 11.1. The molecule has 0 spiro atoms. The first-order chi connectivity index (χ1) is 14.9. The Bertz CT molecular complexity index is 1110. The number of pyridine rings is 1. The number of hydrogen-bond donors (Lipinski definition) is 3. The van der Waals surface area contributed by atoms with Crippen LogP contribution >= 0.6 is 0 Å². The van der Waals surface area contributed by atoms with Crippen molar-refractivity contribution in [1.82, 2.24) is 19.9 Å². The topological polar surface area (TPSA) is 127 Å². The van der Waals surface area contributed by atoms with E-state index in [1.807, 2.05) is 19.1 Å². The third-order valence-electron chi connectivity index (χ3n) is 4.22. The van der Waals surface area contributed by atoms with Crippen molar-refractivity contribution in [1.29, 1.82) is 0 Å². The Labute approximate surface area is 181 Å². The molecule has 0 aliphatic rings. The van der Waals surface area contributed by atoms with Gasteiger partial charge in [-0.15, -0.1) is 10.2 Å². The molecule has 31 heavy (non-hydrogen) atoms. The van der Waals surface area contributed by atoms with Gasteiger partial charge in [-0.05, 0) is 42.8 Å². The minimum atomic E-state index is -3.75. The summed E-state index contributed by atoms with van der Waals surface area (Å²) in [5.74, 6) is 2.45. The van der Waals surface area contributed by atoms with Gasteiger partial charge < -0.3 is 20.1 Å². The molecule has 0 amide bonds. The Morgan fingerprint density at radius 1 is 0.903 bits per heavy atom. The minimum absolute atomic E-state index is 0.0377. The predicted molar refractivity (Wildman–Crippen MR) is 118 cm³/mol. The van der Waals surface area contributed by atoms with E-state index in [0.717, 1.165) is 5.56 Å². The van der Waals surface area contributed by atoms with Gasteiger partial charge in [-0.1, -0.05) is 6.07 Å². The highest BCUT2D eigenvalue weighted by Crippen LogP contribution is 2.28. The van der Waals surface area contributed by atoms with Crippen molar-refractivity contribution < 1.29 is 17.9 Å². The Balaban J connectivity index is 1.51. The van der Waals surface area contributed by atoms with Crippen LogP contribution < -0.4 is 24.8 Å². The summed E-state index contributed by atoms with van der Waals surface area (Å²) in [7, 11) is -0.848. The second kappa shape index (κ2) is 10.0. The quantitative estimate of drug-likeness (QED) is 0.404. The van der Waals surface area contributed by atoms with Crippen LogP contribution in [-0.2, 0) is 10.0 Å². The van der Waals surface area contributed by atoms with Crippen LogP contribution in [0.5, 0.6) is 11.5 Å². The molecule has 0 atom stereocenters. The molecular formula is C20H24N6O4S. The predicted octanol–water partition coefficient (Wildman–Crippen LogP) is 2.33. The summed E-state index contributed by atoms with van der Waals surface area (Å²) < 4.78 is 37.9. The number of rotatable bonds is 10. The highest BCUT2D eigenvalue weighted by Gasteiger charge is 2.19. The molecule has 1 aromatic carbocycles. The molecule has 3 N–H and O–H groups in total. The standard InChI is InChI=1S/C20H24N6O4S/c1-14-4-7-18(22-13-14)24-20-9-8-19(25-26-20)21-10-11-23-31(27,28)17-6-5-15(29-2)12-16(17)30-3/h4-9,12-13,23H,10-11H2,1-3H3,(H,21,25)(H,22,24,26). The average Bonchev–Trinajstić information content (AvgIpc) is 2.78. The molecule has 10 nitrogen and oxygen atoms in total. The van der Waals surface area contributed by atoms with Crippen LogP contribution in [-0.4, -0.2) is 50.9 Å². The van der Waals surface area contributed by atoms with Crippen molar-refractivity contribution in [3.63, 3.8) is 0 Å². The average molecular weight is 445 g/mol. The molecule has 0 saturated heterocycles. The molecule has 0 fully saturated rings. The van der Waals surface area contributed by atoms with Gasteiger partial charge in [-0.3, -0.25) is 0 Å². The molecule has 3 rings (SSSR count). The summed E-state index contributed by atoms with van der Waals surface area (Å²) in [4.78, 5) is 4.29. The Hall–Kier alpha value is -3.44. The minimum Gasteiger partial charge on any atom is -0.497 e. The number of nitrogens with one attached hydrogen (secondary N) is 3. The third-order valence-corrected chi connectivity index (χ3v) is 5.72. The van der Waals surface area contributed by atoms with Crippen LogP contribution in [0.25, 0.3) is 0 Å². The van der Waals surface area contributed by atoms with Gasteiger partial charge in [0.1, 0.15) is 28.0 Å². The first kappa shape index (κ1) is 22.2. The van der Waals surface area contributed by atoms with Crippen molar-refractivity contribution in [2.75, 3.05) is 37.9 Å². The second-order valence-electron chi connectivity index (χ2n) is 6.49. The van der Waals surface area contributed by atoms with Crippen LogP contribution in [0.4, 0.5) is 17.5 Å². The summed E-state index contributed by atoms with van der Waals surface area (Å²) in [6, 6.07) is 11.8. The fraction of sp³-hybridized carbons (Fsp3) is 0.250. The van der Waals surface area contributed by atoms with Crippen LogP contribution in [0.3, 0.4) is 0 Å². The van der Waals surface area contributed by atoms with Gasteiger partial charge in [0.15, 0.2) is 5.82 Å². The van der Waals surface area contributed by atoms with Crippen molar-refractivity contribution in [2.45, 2.75) is 11.8 Å². The summed E-state index contributed by atoms with van der Waals surface area (Å²) in [6.45, 7) is 2.43. The fourth-order valence-corrected chi connectivity index (χ4v) is 3.80. The van der Waals surface area contributed by atoms with E-state index in [9.17, 15) is 8.42 Å². The number of nitrogens with zero attached hydrogens (tertiary/aromatic N) is 3. The lowest BCUT2D eigenvalue weighted by Crippen LogP contribution is -2.29. The van der Waals surface area contributed by atoms with Gasteiger partial charge in [0.05, 0.1) is 14.2 Å².